The van der Waals surface area contributed by atoms with Crippen LogP contribution in [-0.2, 0) is 19.6 Å². The predicted molar refractivity (Wildman–Crippen MR) is 116 cm³/mol. The van der Waals surface area contributed by atoms with Crippen molar-refractivity contribution in [1.29, 1.82) is 0 Å². The minimum Gasteiger partial charge on any atom is -0.481 e. The van der Waals surface area contributed by atoms with Crippen molar-refractivity contribution in [2.45, 2.75) is 20.0 Å². The number of anilines is 2. The van der Waals surface area contributed by atoms with Crippen LogP contribution in [0.15, 0.2) is 42.5 Å². The second-order valence-electron chi connectivity index (χ2n) is 6.39. The van der Waals surface area contributed by atoms with Crippen LogP contribution in [0.2, 0.25) is 5.02 Å². The number of carbonyl (C=O) groups is 2. The molecule has 2 aromatic carbocycles. The van der Waals surface area contributed by atoms with Crippen LogP contribution in [0, 0.1) is 0 Å². The third-order valence-electron chi connectivity index (χ3n) is 4.11. The molecule has 0 radical (unpaired) electrons. The predicted octanol–water partition coefficient (Wildman–Crippen LogP) is 3.32. The fourth-order valence-electron chi connectivity index (χ4n) is 2.39. The standard InChI is InChI=1S/C20H23ClN2O6S/c1-5-28-20(25)17-11-6-14(12-18(17)21)22-19(24)13(2)29-16-9-7-15(8-10-16)23(3)30(4,26)27/h6-13H,5H2,1-4H3,(H,22,24)/t13-/m1/s1. The number of ether oxygens (including phenoxy) is 2. The summed E-state index contributed by atoms with van der Waals surface area (Å²) in [4.78, 5) is 24.2. The maximum Gasteiger partial charge on any atom is 0.339 e. The second-order valence-corrected chi connectivity index (χ2v) is 8.81. The highest BCUT2D eigenvalue weighted by Crippen LogP contribution is 2.23. The molecule has 0 saturated heterocycles. The summed E-state index contributed by atoms with van der Waals surface area (Å²) in [7, 11) is -1.92. The molecular weight excluding hydrogens is 432 g/mol. The molecule has 0 bridgehead atoms. The molecule has 0 aliphatic carbocycles. The molecule has 1 N–H and O–H groups in total. The zero-order chi connectivity index (χ0) is 22.5. The Balaban J connectivity index is 2.01. The van der Waals surface area contributed by atoms with E-state index in [9.17, 15) is 18.0 Å². The number of hydrogen-bond acceptors (Lipinski definition) is 6. The lowest BCUT2D eigenvalue weighted by Gasteiger charge is -2.18. The van der Waals surface area contributed by atoms with Gasteiger partial charge in [0.15, 0.2) is 6.10 Å². The smallest absolute Gasteiger partial charge is 0.339 e. The quantitative estimate of drug-likeness (QED) is 0.614. The van der Waals surface area contributed by atoms with Crippen molar-refractivity contribution in [3.05, 3.63) is 53.1 Å². The molecule has 0 aromatic heterocycles. The molecule has 2 rings (SSSR count). The van der Waals surface area contributed by atoms with Gasteiger partial charge in [0.25, 0.3) is 5.91 Å². The van der Waals surface area contributed by atoms with E-state index in [-0.39, 0.29) is 17.2 Å². The van der Waals surface area contributed by atoms with Crippen LogP contribution in [0.3, 0.4) is 0 Å². The molecule has 2 aromatic rings. The summed E-state index contributed by atoms with van der Waals surface area (Å²) in [5.41, 5.74) is 1.08. The Kier molecular flexibility index (Phi) is 7.69. The van der Waals surface area contributed by atoms with Crippen LogP contribution < -0.4 is 14.4 Å². The van der Waals surface area contributed by atoms with Gasteiger partial charge in [-0.2, -0.15) is 0 Å². The fourth-order valence-corrected chi connectivity index (χ4v) is 3.16. The normalized spacial score (nSPS) is 12.0. The van der Waals surface area contributed by atoms with Crippen molar-refractivity contribution < 1.29 is 27.5 Å². The maximum absolute atomic E-state index is 12.4. The van der Waals surface area contributed by atoms with Gasteiger partial charge >= 0.3 is 5.97 Å². The van der Waals surface area contributed by atoms with E-state index in [2.05, 4.69) is 5.32 Å². The number of carbonyl (C=O) groups excluding carboxylic acids is 2. The lowest BCUT2D eigenvalue weighted by Crippen LogP contribution is -2.30. The highest BCUT2D eigenvalue weighted by molar-refractivity contribution is 7.92. The van der Waals surface area contributed by atoms with Gasteiger partial charge in [0, 0.05) is 12.7 Å². The van der Waals surface area contributed by atoms with E-state index >= 15 is 0 Å². The molecule has 0 aliphatic heterocycles. The van der Waals surface area contributed by atoms with Crippen molar-refractivity contribution in [2.24, 2.45) is 0 Å². The van der Waals surface area contributed by atoms with E-state index in [0.29, 0.717) is 17.1 Å². The van der Waals surface area contributed by atoms with Crippen LogP contribution in [0.25, 0.3) is 0 Å². The van der Waals surface area contributed by atoms with Crippen LogP contribution in [0.1, 0.15) is 24.2 Å². The minimum absolute atomic E-state index is 0.158. The summed E-state index contributed by atoms with van der Waals surface area (Å²) in [6.07, 6.45) is 0.266. The topological polar surface area (TPSA) is 102 Å². The van der Waals surface area contributed by atoms with Crippen molar-refractivity contribution in [3.8, 4) is 5.75 Å². The Labute approximate surface area is 180 Å². The molecule has 8 nitrogen and oxygen atoms in total. The molecule has 0 fully saturated rings. The third kappa shape index (κ3) is 6.11. The third-order valence-corrected chi connectivity index (χ3v) is 5.63. The number of sulfonamides is 1. The van der Waals surface area contributed by atoms with Crippen LogP contribution in [0.4, 0.5) is 11.4 Å². The Hall–Kier alpha value is -2.78. The Morgan fingerprint density at radius 3 is 2.33 bits per heavy atom. The van der Waals surface area contributed by atoms with E-state index < -0.39 is 28.0 Å². The number of nitrogens with one attached hydrogen (secondary N) is 1. The first kappa shape index (κ1) is 23.5. The molecule has 0 heterocycles. The number of nitrogens with zero attached hydrogens (tertiary/aromatic N) is 1. The highest BCUT2D eigenvalue weighted by atomic mass is 35.5. The average molecular weight is 455 g/mol. The first-order chi connectivity index (χ1) is 14.0. The zero-order valence-corrected chi connectivity index (χ0v) is 18.6. The lowest BCUT2D eigenvalue weighted by atomic mass is 10.2. The highest BCUT2D eigenvalue weighted by Gasteiger charge is 2.18. The first-order valence-corrected chi connectivity index (χ1v) is 11.2. The summed E-state index contributed by atoms with van der Waals surface area (Å²) in [5.74, 6) is -0.562. The van der Waals surface area contributed by atoms with Crippen LogP contribution >= 0.6 is 11.6 Å². The van der Waals surface area contributed by atoms with Crippen molar-refractivity contribution in [2.75, 3.05) is 29.5 Å². The molecule has 30 heavy (non-hydrogen) atoms. The van der Waals surface area contributed by atoms with Gasteiger partial charge in [-0.05, 0) is 56.3 Å². The molecule has 0 unspecified atom stereocenters. The lowest BCUT2D eigenvalue weighted by molar-refractivity contribution is -0.122. The fraction of sp³-hybridized carbons (Fsp3) is 0.300. The van der Waals surface area contributed by atoms with Gasteiger partial charge < -0.3 is 14.8 Å². The van der Waals surface area contributed by atoms with Gasteiger partial charge in [-0.25, -0.2) is 13.2 Å². The van der Waals surface area contributed by atoms with Crippen molar-refractivity contribution in [3.63, 3.8) is 0 Å². The molecule has 10 heteroatoms. The SMILES string of the molecule is CCOC(=O)c1ccc(NC(=O)[C@@H](C)Oc2ccc(N(C)S(C)(=O)=O)cc2)cc1Cl. The zero-order valence-electron chi connectivity index (χ0n) is 17.0. The van der Waals surface area contributed by atoms with E-state index in [1.807, 2.05) is 0 Å². The van der Waals surface area contributed by atoms with Gasteiger partial charge in [0.1, 0.15) is 5.75 Å². The van der Waals surface area contributed by atoms with E-state index in [0.717, 1.165) is 10.6 Å². The largest absolute Gasteiger partial charge is 0.481 e. The van der Waals surface area contributed by atoms with Crippen LogP contribution in [-0.4, -0.2) is 46.3 Å². The molecule has 1 atom stereocenters. The summed E-state index contributed by atoms with van der Waals surface area (Å²) in [5, 5.41) is 2.82. The Bertz CT molecular complexity index is 1020. The van der Waals surface area contributed by atoms with Crippen LogP contribution in [0.5, 0.6) is 5.75 Å². The monoisotopic (exact) mass is 454 g/mol. The van der Waals surface area contributed by atoms with E-state index in [1.165, 1.54) is 19.2 Å². The van der Waals surface area contributed by atoms with Gasteiger partial charge in [0.05, 0.1) is 29.1 Å². The maximum atomic E-state index is 12.4. The first-order valence-electron chi connectivity index (χ1n) is 9.01. The molecular formula is C20H23ClN2O6S. The molecule has 0 spiro atoms. The van der Waals surface area contributed by atoms with Crippen molar-refractivity contribution in [1.82, 2.24) is 0 Å². The summed E-state index contributed by atoms with van der Waals surface area (Å²) < 4.78 is 34.8. The summed E-state index contributed by atoms with van der Waals surface area (Å²) in [6.45, 7) is 3.49. The van der Waals surface area contributed by atoms with Gasteiger partial charge in [0.2, 0.25) is 10.0 Å². The molecule has 162 valence electrons. The average Bonchev–Trinajstić information content (AvgIpc) is 2.67. The van der Waals surface area contributed by atoms with E-state index in [4.69, 9.17) is 21.1 Å². The van der Waals surface area contributed by atoms with Gasteiger partial charge in [-0.3, -0.25) is 9.10 Å². The molecule has 0 aliphatic rings. The second kappa shape index (κ2) is 9.82. The summed E-state index contributed by atoms with van der Waals surface area (Å²) in [6, 6.07) is 10.8. The number of benzene rings is 2. The Morgan fingerprint density at radius 1 is 1.17 bits per heavy atom. The number of rotatable bonds is 8. The molecule has 1 amide bonds. The Morgan fingerprint density at radius 2 is 1.80 bits per heavy atom. The van der Waals surface area contributed by atoms with E-state index in [1.54, 1.807) is 44.2 Å². The number of amides is 1. The molecule has 0 saturated carbocycles. The number of halogens is 1. The summed E-state index contributed by atoms with van der Waals surface area (Å²) >= 11 is 6.09. The van der Waals surface area contributed by atoms with Gasteiger partial charge in [-0.1, -0.05) is 11.6 Å². The van der Waals surface area contributed by atoms with Gasteiger partial charge in [-0.15, -0.1) is 0 Å². The number of esters is 1. The van der Waals surface area contributed by atoms with Crippen molar-refractivity contribution >= 4 is 44.9 Å². The number of hydrogen-bond donors (Lipinski definition) is 1. The minimum atomic E-state index is -3.37.